The highest BCUT2D eigenvalue weighted by molar-refractivity contribution is 5.97. The number of ether oxygens (including phenoxy) is 1. The number of rotatable bonds is 8. The number of nitrogens with one attached hydrogen (secondary N) is 3. The SMILES string of the molecule is Cc1ccc(C(=O)NC2CC2)cc1-c1cn[nH]c1-c1cncc(N(C[C@H]2CCOC2)C2CCNCC2)c1. The van der Waals surface area contributed by atoms with Gasteiger partial charge in [-0.15, -0.1) is 0 Å². The van der Waals surface area contributed by atoms with Gasteiger partial charge in [0.05, 0.1) is 30.4 Å². The summed E-state index contributed by atoms with van der Waals surface area (Å²) < 4.78 is 5.69. The van der Waals surface area contributed by atoms with Gasteiger partial charge in [-0.25, -0.2) is 0 Å². The Balaban J connectivity index is 1.31. The molecule has 1 saturated carbocycles. The van der Waals surface area contributed by atoms with E-state index in [2.05, 4.69) is 43.7 Å². The second-order valence-corrected chi connectivity index (χ2v) is 10.7. The number of hydrogen-bond acceptors (Lipinski definition) is 6. The Kier molecular flexibility index (Phi) is 6.93. The number of benzene rings is 1. The topological polar surface area (TPSA) is 95.2 Å². The number of hydrogen-bond donors (Lipinski definition) is 3. The number of aromatic nitrogens is 3. The molecule has 0 radical (unpaired) electrons. The van der Waals surface area contributed by atoms with Gasteiger partial charge in [-0.3, -0.25) is 14.9 Å². The number of H-pyrrole nitrogens is 1. The van der Waals surface area contributed by atoms with Crippen LogP contribution < -0.4 is 15.5 Å². The minimum absolute atomic E-state index is 0.00837. The van der Waals surface area contributed by atoms with E-state index in [0.29, 0.717) is 23.6 Å². The van der Waals surface area contributed by atoms with Gasteiger partial charge in [0.2, 0.25) is 0 Å². The highest BCUT2D eigenvalue weighted by atomic mass is 16.5. The van der Waals surface area contributed by atoms with E-state index in [9.17, 15) is 4.79 Å². The quantitative estimate of drug-likeness (QED) is 0.434. The number of pyridine rings is 1. The summed E-state index contributed by atoms with van der Waals surface area (Å²) in [4.78, 5) is 20.0. The van der Waals surface area contributed by atoms with Crippen LogP contribution in [0.15, 0.2) is 42.9 Å². The van der Waals surface area contributed by atoms with E-state index >= 15 is 0 Å². The normalized spacial score (nSPS) is 20.2. The smallest absolute Gasteiger partial charge is 0.251 e. The molecule has 0 bridgehead atoms. The predicted octanol–water partition coefficient (Wildman–Crippen LogP) is 3.93. The largest absolute Gasteiger partial charge is 0.381 e. The standard InChI is InChI=1S/C29H36N6O2/c1-19-2-3-21(29(36)33-23-4-5-23)13-26(19)27-16-32-34-28(27)22-12-25(15-31-14-22)35(17-20-8-11-37-18-20)24-6-9-30-10-7-24/h2-3,12-16,20,23-24,30H,4-11,17-18H2,1H3,(H,32,34)(H,33,36)/t20-/m1/s1. The minimum Gasteiger partial charge on any atom is -0.381 e. The first-order valence-corrected chi connectivity index (χ1v) is 13.6. The number of carbonyl (C=O) groups excluding carboxylic acids is 1. The third-order valence-corrected chi connectivity index (χ3v) is 7.91. The molecule has 1 aliphatic carbocycles. The summed E-state index contributed by atoms with van der Waals surface area (Å²) in [6.07, 6.45) is 11.3. The zero-order valence-corrected chi connectivity index (χ0v) is 21.5. The van der Waals surface area contributed by atoms with Gasteiger partial charge in [-0.2, -0.15) is 5.10 Å². The molecule has 37 heavy (non-hydrogen) atoms. The zero-order chi connectivity index (χ0) is 25.2. The Morgan fingerprint density at radius 3 is 2.73 bits per heavy atom. The van der Waals surface area contributed by atoms with Crippen molar-refractivity contribution in [1.82, 2.24) is 25.8 Å². The molecule has 1 atom stereocenters. The van der Waals surface area contributed by atoms with Gasteiger partial charge in [-0.05, 0) is 81.4 Å². The maximum Gasteiger partial charge on any atom is 0.251 e. The third-order valence-electron chi connectivity index (χ3n) is 7.91. The Bertz CT molecular complexity index is 1240. The summed E-state index contributed by atoms with van der Waals surface area (Å²) in [6, 6.07) is 8.96. The molecule has 1 amide bonds. The van der Waals surface area contributed by atoms with Crippen LogP contribution in [0, 0.1) is 12.8 Å². The van der Waals surface area contributed by atoms with Crippen LogP contribution in [-0.4, -0.2) is 66.0 Å². The van der Waals surface area contributed by atoms with Crippen LogP contribution in [-0.2, 0) is 4.74 Å². The number of amides is 1. The van der Waals surface area contributed by atoms with Crippen molar-refractivity contribution in [2.75, 3.05) is 37.7 Å². The summed E-state index contributed by atoms with van der Waals surface area (Å²) in [5, 5.41) is 14.2. The van der Waals surface area contributed by atoms with Crippen molar-refractivity contribution < 1.29 is 9.53 Å². The fourth-order valence-electron chi connectivity index (χ4n) is 5.57. The Morgan fingerprint density at radius 1 is 1.08 bits per heavy atom. The van der Waals surface area contributed by atoms with Crippen molar-refractivity contribution in [2.45, 2.75) is 51.1 Å². The summed E-state index contributed by atoms with van der Waals surface area (Å²) in [5.74, 6) is 0.541. The highest BCUT2D eigenvalue weighted by Gasteiger charge is 2.27. The van der Waals surface area contributed by atoms with Gasteiger partial charge in [0, 0.05) is 54.0 Å². The van der Waals surface area contributed by atoms with Gasteiger partial charge < -0.3 is 20.3 Å². The van der Waals surface area contributed by atoms with Gasteiger partial charge in [0.15, 0.2) is 0 Å². The number of aryl methyl sites for hydroxylation is 1. The second kappa shape index (κ2) is 10.6. The third kappa shape index (κ3) is 5.40. The van der Waals surface area contributed by atoms with Crippen molar-refractivity contribution in [3.8, 4) is 22.4 Å². The Labute approximate surface area is 218 Å². The van der Waals surface area contributed by atoms with Crippen molar-refractivity contribution >= 4 is 11.6 Å². The molecule has 194 valence electrons. The summed E-state index contributed by atoms with van der Waals surface area (Å²) in [5.41, 5.74) is 6.84. The van der Waals surface area contributed by atoms with Gasteiger partial charge >= 0.3 is 0 Å². The molecule has 2 aliphatic heterocycles. The van der Waals surface area contributed by atoms with E-state index < -0.39 is 0 Å². The molecule has 0 spiro atoms. The maximum atomic E-state index is 12.7. The second-order valence-electron chi connectivity index (χ2n) is 10.7. The minimum atomic E-state index is -0.00837. The molecule has 0 unspecified atom stereocenters. The van der Waals surface area contributed by atoms with Crippen LogP contribution in [0.4, 0.5) is 5.69 Å². The highest BCUT2D eigenvalue weighted by Crippen LogP contribution is 2.35. The zero-order valence-electron chi connectivity index (χ0n) is 21.5. The molecule has 3 aliphatic rings. The number of aromatic amines is 1. The van der Waals surface area contributed by atoms with Crippen molar-refractivity contribution in [2.24, 2.45) is 5.92 Å². The van der Waals surface area contributed by atoms with Crippen LogP contribution in [0.3, 0.4) is 0 Å². The van der Waals surface area contributed by atoms with Crippen LogP contribution in [0.1, 0.15) is 48.0 Å². The average molecular weight is 501 g/mol. The Morgan fingerprint density at radius 2 is 1.95 bits per heavy atom. The number of carbonyl (C=O) groups is 1. The van der Waals surface area contributed by atoms with E-state index in [-0.39, 0.29) is 5.91 Å². The fraction of sp³-hybridized carbons (Fsp3) is 0.483. The van der Waals surface area contributed by atoms with Crippen LogP contribution in [0.2, 0.25) is 0 Å². The summed E-state index contributed by atoms with van der Waals surface area (Å²) >= 11 is 0. The van der Waals surface area contributed by atoms with E-state index in [0.717, 1.165) is 98.6 Å². The van der Waals surface area contributed by atoms with E-state index in [1.807, 2.05) is 36.8 Å². The maximum absolute atomic E-state index is 12.7. The molecule has 3 aromatic rings. The molecular formula is C29H36N6O2. The monoisotopic (exact) mass is 500 g/mol. The lowest BCUT2D eigenvalue weighted by Crippen LogP contribution is -2.45. The molecule has 4 heterocycles. The molecule has 3 N–H and O–H groups in total. The van der Waals surface area contributed by atoms with Crippen molar-refractivity contribution in [1.29, 1.82) is 0 Å². The van der Waals surface area contributed by atoms with Gasteiger partial charge in [0.1, 0.15) is 0 Å². The molecule has 6 rings (SSSR count). The molecule has 8 heteroatoms. The van der Waals surface area contributed by atoms with Crippen molar-refractivity contribution in [3.63, 3.8) is 0 Å². The van der Waals surface area contributed by atoms with E-state index in [1.54, 1.807) is 0 Å². The van der Waals surface area contributed by atoms with Crippen LogP contribution >= 0.6 is 0 Å². The lowest BCUT2D eigenvalue weighted by atomic mass is 9.96. The first kappa shape index (κ1) is 24.1. The molecule has 3 fully saturated rings. The van der Waals surface area contributed by atoms with Crippen LogP contribution in [0.25, 0.3) is 22.4 Å². The van der Waals surface area contributed by atoms with Crippen molar-refractivity contribution in [3.05, 3.63) is 54.0 Å². The fourth-order valence-corrected chi connectivity index (χ4v) is 5.57. The number of anilines is 1. The molecule has 2 saturated heterocycles. The first-order valence-electron chi connectivity index (χ1n) is 13.6. The molecule has 1 aromatic carbocycles. The summed E-state index contributed by atoms with van der Waals surface area (Å²) in [7, 11) is 0. The molecule has 8 nitrogen and oxygen atoms in total. The molecular weight excluding hydrogens is 464 g/mol. The predicted molar refractivity (Wildman–Crippen MR) is 145 cm³/mol. The summed E-state index contributed by atoms with van der Waals surface area (Å²) in [6.45, 7) is 6.85. The van der Waals surface area contributed by atoms with E-state index in [4.69, 9.17) is 4.74 Å². The van der Waals surface area contributed by atoms with Crippen LogP contribution in [0.5, 0.6) is 0 Å². The van der Waals surface area contributed by atoms with Gasteiger partial charge in [-0.1, -0.05) is 6.07 Å². The average Bonchev–Trinajstić information content (AvgIpc) is 3.37. The van der Waals surface area contributed by atoms with Gasteiger partial charge in [0.25, 0.3) is 5.91 Å². The first-order chi connectivity index (χ1) is 18.2. The van der Waals surface area contributed by atoms with E-state index in [1.165, 1.54) is 0 Å². The lowest BCUT2D eigenvalue weighted by Gasteiger charge is -2.37. The molecule has 2 aromatic heterocycles. The number of piperidine rings is 1. The lowest BCUT2D eigenvalue weighted by molar-refractivity contribution is 0.0951. The number of nitrogens with zero attached hydrogens (tertiary/aromatic N) is 3. The Hall–Kier alpha value is -3.23.